The lowest BCUT2D eigenvalue weighted by molar-refractivity contribution is -0.0719. The van der Waals surface area contributed by atoms with E-state index in [9.17, 15) is 9.18 Å². The zero-order valence-electron chi connectivity index (χ0n) is 9.96. The van der Waals surface area contributed by atoms with E-state index in [1.54, 1.807) is 26.0 Å². The fourth-order valence-electron chi connectivity index (χ4n) is 1.91. The third-order valence-electron chi connectivity index (χ3n) is 2.83. The van der Waals surface area contributed by atoms with Gasteiger partial charge >= 0.3 is 0 Å². The number of hydrogen-bond donors (Lipinski definition) is 0. The van der Waals surface area contributed by atoms with E-state index in [2.05, 4.69) is 0 Å². The molecule has 4 heteroatoms. The Labute approximate surface area is 99.5 Å². The van der Waals surface area contributed by atoms with Gasteiger partial charge in [-0.15, -0.1) is 0 Å². The van der Waals surface area contributed by atoms with Crippen molar-refractivity contribution in [3.05, 3.63) is 34.6 Å². The van der Waals surface area contributed by atoms with Crippen LogP contribution in [-0.4, -0.2) is 31.7 Å². The van der Waals surface area contributed by atoms with Crippen LogP contribution in [0.3, 0.4) is 0 Å². The highest BCUT2D eigenvalue weighted by molar-refractivity contribution is 6.00. The van der Waals surface area contributed by atoms with Crippen molar-refractivity contribution < 1.29 is 18.7 Å². The second kappa shape index (κ2) is 4.94. The highest BCUT2D eigenvalue weighted by Gasteiger charge is 2.24. The maximum atomic E-state index is 13.4. The van der Waals surface area contributed by atoms with Gasteiger partial charge in [0.25, 0.3) is 0 Å². The van der Waals surface area contributed by atoms with Gasteiger partial charge in [-0.1, -0.05) is 0 Å². The van der Waals surface area contributed by atoms with Crippen molar-refractivity contribution in [2.24, 2.45) is 0 Å². The third-order valence-corrected chi connectivity index (χ3v) is 2.83. The van der Waals surface area contributed by atoms with Crippen molar-refractivity contribution in [2.45, 2.75) is 20.0 Å². The fourth-order valence-corrected chi connectivity index (χ4v) is 1.91. The molecule has 1 aromatic rings. The van der Waals surface area contributed by atoms with E-state index >= 15 is 0 Å². The fraction of sp³-hybridized carbons (Fsp3) is 0.462. The van der Waals surface area contributed by atoms with E-state index in [1.165, 1.54) is 0 Å². The maximum absolute atomic E-state index is 13.4. The summed E-state index contributed by atoms with van der Waals surface area (Å²) in [5, 5.41) is 0. The van der Waals surface area contributed by atoms with Gasteiger partial charge in [-0.3, -0.25) is 4.79 Å². The molecule has 0 aromatic heterocycles. The Hall–Kier alpha value is -1.26. The van der Waals surface area contributed by atoms with Crippen LogP contribution in [0.1, 0.15) is 21.5 Å². The van der Waals surface area contributed by atoms with E-state index in [0.29, 0.717) is 29.9 Å². The highest BCUT2D eigenvalue weighted by Crippen LogP contribution is 2.17. The normalized spacial score (nSPS) is 20.3. The van der Waals surface area contributed by atoms with Crippen molar-refractivity contribution in [1.82, 2.24) is 0 Å². The van der Waals surface area contributed by atoms with Crippen LogP contribution in [0.2, 0.25) is 0 Å². The molecule has 1 aliphatic heterocycles. The number of Topliss-reactive ketones (excluding diaryl/α,β-unsaturated/α-hetero) is 1. The lowest BCUT2D eigenvalue weighted by Crippen LogP contribution is -2.35. The number of ketones is 1. The lowest BCUT2D eigenvalue weighted by Gasteiger charge is -2.22. The predicted octanol–water partition coefficient (Wildman–Crippen LogP) is 2.04. The zero-order chi connectivity index (χ0) is 12.4. The molecule has 1 atom stereocenters. The Morgan fingerprint density at radius 2 is 1.94 bits per heavy atom. The first-order chi connectivity index (χ1) is 8.09. The second-order valence-electron chi connectivity index (χ2n) is 4.22. The zero-order valence-corrected chi connectivity index (χ0v) is 9.96. The lowest BCUT2D eigenvalue weighted by atomic mass is 10.0. The maximum Gasteiger partial charge on any atom is 0.193 e. The molecule has 0 N–H and O–H groups in total. The number of rotatable bonds is 2. The summed E-state index contributed by atoms with van der Waals surface area (Å²) < 4.78 is 24.0. The third kappa shape index (κ3) is 2.53. The Balaban J connectivity index is 2.24. The average molecular weight is 238 g/mol. The monoisotopic (exact) mass is 238 g/mol. The van der Waals surface area contributed by atoms with Crippen LogP contribution < -0.4 is 0 Å². The molecular formula is C13H15FO3. The molecule has 0 radical (unpaired) electrons. The van der Waals surface area contributed by atoms with E-state index in [4.69, 9.17) is 9.47 Å². The molecule has 1 heterocycles. The topological polar surface area (TPSA) is 35.5 Å². The van der Waals surface area contributed by atoms with Crippen molar-refractivity contribution in [1.29, 1.82) is 0 Å². The second-order valence-corrected chi connectivity index (χ2v) is 4.22. The molecule has 0 amide bonds. The first-order valence-electron chi connectivity index (χ1n) is 5.60. The van der Waals surface area contributed by atoms with Crippen LogP contribution in [0.5, 0.6) is 0 Å². The predicted molar refractivity (Wildman–Crippen MR) is 60.8 cm³/mol. The minimum absolute atomic E-state index is 0.143. The van der Waals surface area contributed by atoms with Gasteiger partial charge < -0.3 is 9.47 Å². The van der Waals surface area contributed by atoms with Gasteiger partial charge in [0, 0.05) is 5.56 Å². The van der Waals surface area contributed by atoms with Gasteiger partial charge in [0.05, 0.1) is 19.8 Å². The minimum Gasteiger partial charge on any atom is -0.376 e. The van der Waals surface area contributed by atoms with Crippen molar-refractivity contribution in [3.8, 4) is 0 Å². The van der Waals surface area contributed by atoms with Crippen molar-refractivity contribution in [3.63, 3.8) is 0 Å². The highest BCUT2D eigenvalue weighted by atomic mass is 19.1. The molecule has 0 aliphatic carbocycles. The largest absolute Gasteiger partial charge is 0.376 e. The Kier molecular flexibility index (Phi) is 3.54. The number of carbonyl (C=O) groups is 1. The van der Waals surface area contributed by atoms with Crippen LogP contribution in [-0.2, 0) is 9.47 Å². The number of benzene rings is 1. The van der Waals surface area contributed by atoms with E-state index in [0.717, 1.165) is 0 Å². The minimum atomic E-state index is -0.562. The molecule has 1 unspecified atom stereocenters. The van der Waals surface area contributed by atoms with Crippen LogP contribution in [0.15, 0.2) is 12.1 Å². The molecule has 0 saturated carbocycles. The number of aryl methyl sites for hydroxylation is 2. The summed E-state index contributed by atoms with van der Waals surface area (Å²) >= 11 is 0. The Morgan fingerprint density at radius 1 is 1.29 bits per heavy atom. The molecule has 2 rings (SSSR count). The smallest absolute Gasteiger partial charge is 0.193 e. The van der Waals surface area contributed by atoms with Gasteiger partial charge in [0.15, 0.2) is 5.78 Å². The molecule has 1 saturated heterocycles. The van der Waals surface area contributed by atoms with Crippen LogP contribution in [0, 0.1) is 19.7 Å². The summed E-state index contributed by atoms with van der Waals surface area (Å²) in [7, 11) is 0. The summed E-state index contributed by atoms with van der Waals surface area (Å²) in [4.78, 5) is 12.1. The van der Waals surface area contributed by atoms with Crippen LogP contribution >= 0.6 is 0 Å². The van der Waals surface area contributed by atoms with Gasteiger partial charge in [-0.05, 0) is 37.1 Å². The summed E-state index contributed by atoms with van der Waals surface area (Å²) in [5.41, 5.74) is 1.44. The summed E-state index contributed by atoms with van der Waals surface area (Å²) in [6.07, 6.45) is -0.562. The molecule has 1 aliphatic rings. The van der Waals surface area contributed by atoms with E-state index in [-0.39, 0.29) is 18.2 Å². The molecule has 1 aromatic carbocycles. The SMILES string of the molecule is Cc1cc(C(=O)C2COCCO2)cc(C)c1F. The molecule has 17 heavy (non-hydrogen) atoms. The van der Waals surface area contributed by atoms with Gasteiger partial charge in [-0.25, -0.2) is 4.39 Å². The van der Waals surface area contributed by atoms with Crippen LogP contribution in [0.25, 0.3) is 0 Å². The average Bonchev–Trinajstić information content (AvgIpc) is 2.35. The van der Waals surface area contributed by atoms with Crippen LogP contribution in [0.4, 0.5) is 4.39 Å². The first kappa shape index (κ1) is 12.2. The summed E-state index contributed by atoms with van der Waals surface area (Å²) in [5.74, 6) is -0.404. The quantitative estimate of drug-likeness (QED) is 0.740. The molecule has 0 bridgehead atoms. The summed E-state index contributed by atoms with van der Waals surface area (Å²) in [6.45, 7) is 4.52. The number of halogens is 1. The molecular weight excluding hydrogens is 223 g/mol. The van der Waals surface area contributed by atoms with Gasteiger partial charge in [0.1, 0.15) is 11.9 Å². The molecule has 1 fully saturated rings. The number of hydrogen-bond acceptors (Lipinski definition) is 3. The molecule has 0 spiro atoms. The van der Waals surface area contributed by atoms with E-state index < -0.39 is 6.10 Å². The number of carbonyl (C=O) groups excluding carboxylic acids is 1. The van der Waals surface area contributed by atoms with Crippen molar-refractivity contribution in [2.75, 3.05) is 19.8 Å². The molecule has 3 nitrogen and oxygen atoms in total. The Morgan fingerprint density at radius 3 is 2.47 bits per heavy atom. The Bertz CT molecular complexity index is 413. The first-order valence-corrected chi connectivity index (χ1v) is 5.60. The van der Waals surface area contributed by atoms with Gasteiger partial charge in [-0.2, -0.15) is 0 Å². The standard InChI is InChI=1S/C13H15FO3/c1-8-5-10(6-9(2)12(8)14)13(15)11-7-16-3-4-17-11/h5-6,11H,3-4,7H2,1-2H3. The van der Waals surface area contributed by atoms with Gasteiger partial charge in [0.2, 0.25) is 0 Å². The summed E-state index contributed by atoms with van der Waals surface area (Å²) in [6, 6.07) is 3.12. The van der Waals surface area contributed by atoms with Crippen molar-refractivity contribution >= 4 is 5.78 Å². The molecule has 92 valence electrons. The number of ether oxygens (including phenoxy) is 2. The van der Waals surface area contributed by atoms with E-state index in [1.807, 2.05) is 0 Å².